The van der Waals surface area contributed by atoms with Gasteiger partial charge in [0.15, 0.2) is 0 Å². The maximum atomic E-state index is 3.48. The van der Waals surface area contributed by atoms with Crippen molar-refractivity contribution < 1.29 is 0 Å². The quantitative estimate of drug-likeness (QED) is 0.637. The van der Waals surface area contributed by atoms with Crippen LogP contribution in [0.4, 0.5) is 0 Å². The Morgan fingerprint density at radius 3 is 2.44 bits per heavy atom. The van der Waals surface area contributed by atoms with Crippen molar-refractivity contribution >= 4 is 0 Å². The second-order valence-corrected chi connectivity index (χ2v) is 5.60. The van der Waals surface area contributed by atoms with Gasteiger partial charge in [0.25, 0.3) is 0 Å². The first-order valence-electron chi connectivity index (χ1n) is 7.91. The molecule has 0 atom stereocenters. The van der Waals surface area contributed by atoms with Crippen LogP contribution in [0.3, 0.4) is 0 Å². The topological polar surface area (TPSA) is 18.5 Å². The van der Waals surface area contributed by atoms with Gasteiger partial charge in [-0.3, -0.25) is 0 Å². The van der Waals surface area contributed by atoms with E-state index in [-0.39, 0.29) is 0 Å². The maximum absolute atomic E-state index is 3.48. The van der Waals surface area contributed by atoms with Gasteiger partial charge in [-0.05, 0) is 78.4 Å². The summed E-state index contributed by atoms with van der Waals surface area (Å²) in [4.78, 5) is 5.16. The Bertz CT molecular complexity index is 188. The number of hydrogen-bond acceptors (Lipinski definition) is 3. The van der Waals surface area contributed by atoms with Crippen molar-refractivity contribution in [1.82, 2.24) is 15.1 Å². The molecule has 0 amide bonds. The summed E-state index contributed by atoms with van der Waals surface area (Å²) in [6.45, 7) is 11.9. The maximum Gasteiger partial charge on any atom is 0.0117 e. The molecule has 1 fully saturated rings. The van der Waals surface area contributed by atoms with Crippen molar-refractivity contribution in [1.29, 1.82) is 0 Å². The molecule has 0 aromatic heterocycles. The lowest BCUT2D eigenvalue weighted by Gasteiger charge is -2.36. The van der Waals surface area contributed by atoms with Crippen LogP contribution in [0.25, 0.3) is 0 Å². The van der Waals surface area contributed by atoms with Crippen LogP contribution in [0.5, 0.6) is 0 Å². The molecule has 0 spiro atoms. The minimum Gasteiger partial charge on any atom is -0.317 e. The van der Waals surface area contributed by atoms with Gasteiger partial charge < -0.3 is 15.1 Å². The first-order chi connectivity index (χ1) is 8.77. The van der Waals surface area contributed by atoms with E-state index < -0.39 is 0 Å². The Labute approximate surface area is 114 Å². The molecule has 0 aliphatic carbocycles. The standard InChI is InChI=1S/C15H33N3/c1-4-10-16-11-6-7-12-17(3)15-8-13-18(5-2)14-9-15/h15-16H,4-14H2,1-3H3. The molecule has 1 saturated heterocycles. The molecule has 0 unspecified atom stereocenters. The van der Waals surface area contributed by atoms with Gasteiger partial charge in [-0.2, -0.15) is 0 Å². The normalized spacial score (nSPS) is 18.7. The predicted molar refractivity (Wildman–Crippen MR) is 80.2 cm³/mol. The predicted octanol–water partition coefficient (Wildman–Crippen LogP) is 2.18. The smallest absolute Gasteiger partial charge is 0.0117 e. The van der Waals surface area contributed by atoms with Gasteiger partial charge in [0.1, 0.15) is 0 Å². The highest BCUT2D eigenvalue weighted by Crippen LogP contribution is 2.15. The summed E-state index contributed by atoms with van der Waals surface area (Å²) in [5.74, 6) is 0. The fourth-order valence-electron chi connectivity index (χ4n) is 2.77. The molecule has 3 nitrogen and oxygen atoms in total. The second-order valence-electron chi connectivity index (χ2n) is 5.60. The molecule has 0 radical (unpaired) electrons. The monoisotopic (exact) mass is 255 g/mol. The number of likely N-dealkylation sites (tertiary alicyclic amines) is 1. The van der Waals surface area contributed by atoms with E-state index in [2.05, 4.69) is 36.0 Å². The van der Waals surface area contributed by atoms with Gasteiger partial charge in [0.2, 0.25) is 0 Å². The van der Waals surface area contributed by atoms with Crippen molar-refractivity contribution in [2.45, 2.75) is 52.0 Å². The summed E-state index contributed by atoms with van der Waals surface area (Å²) in [5, 5.41) is 3.48. The fourth-order valence-corrected chi connectivity index (χ4v) is 2.77. The Morgan fingerprint density at radius 1 is 1.11 bits per heavy atom. The minimum atomic E-state index is 0.830. The summed E-state index contributed by atoms with van der Waals surface area (Å²) in [5.41, 5.74) is 0. The van der Waals surface area contributed by atoms with Crippen LogP contribution in [0.1, 0.15) is 46.0 Å². The Hall–Kier alpha value is -0.120. The zero-order valence-electron chi connectivity index (χ0n) is 12.7. The lowest BCUT2D eigenvalue weighted by Crippen LogP contribution is -2.43. The third-order valence-electron chi connectivity index (χ3n) is 4.17. The molecule has 1 N–H and O–H groups in total. The van der Waals surface area contributed by atoms with E-state index in [4.69, 9.17) is 0 Å². The molecule has 1 heterocycles. The summed E-state index contributed by atoms with van der Waals surface area (Å²) in [7, 11) is 2.31. The van der Waals surface area contributed by atoms with Crippen molar-refractivity contribution in [2.24, 2.45) is 0 Å². The summed E-state index contributed by atoms with van der Waals surface area (Å²) < 4.78 is 0. The fraction of sp³-hybridized carbons (Fsp3) is 1.00. The molecule has 1 aliphatic heterocycles. The second kappa shape index (κ2) is 9.76. The van der Waals surface area contributed by atoms with Gasteiger partial charge in [-0.1, -0.05) is 13.8 Å². The number of hydrogen-bond donors (Lipinski definition) is 1. The van der Waals surface area contributed by atoms with Crippen molar-refractivity contribution in [3.63, 3.8) is 0 Å². The number of rotatable bonds is 9. The van der Waals surface area contributed by atoms with E-state index in [1.54, 1.807) is 0 Å². The largest absolute Gasteiger partial charge is 0.317 e. The number of nitrogens with one attached hydrogen (secondary N) is 1. The van der Waals surface area contributed by atoms with E-state index in [0.717, 1.165) is 6.04 Å². The average molecular weight is 255 g/mol. The minimum absolute atomic E-state index is 0.830. The molecule has 1 aliphatic rings. The molecule has 108 valence electrons. The zero-order chi connectivity index (χ0) is 13.2. The van der Waals surface area contributed by atoms with Crippen molar-refractivity contribution in [2.75, 3.05) is 46.3 Å². The average Bonchev–Trinajstić information content (AvgIpc) is 2.42. The molecule has 3 heteroatoms. The van der Waals surface area contributed by atoms with Crippen LogP contribution in [0.15, 0.2) is 0 Å². The SMILES string of the molecule is CCCNCCCCN(C)C1CCN(CC)CC1. The highest BCUT2D eigenvalue weighted by molar-refractivity contribution is 4.77. The number of nitrogens with zero attached hydrogens (tertiary/aromatic N) is 2. The van der Waals surface area contributed by atoms with E-state index in [1.165, 1.54) is 71.4 Å². The van der Waals surface area contributed by atoms with Crippen molar-refractivity contribution in [3.05, 3.63) is 0 Å². The molecule has 1 rings (SSSR count). The van der Waals surface area contributed by atoms with E-state index in [0.29, 0.717) is 0 Å². The summed E-state index contributed by atoms with van der Waals surface area (Å²) in [6, 6.07) is 0.830. The lowest BCUT2D eigenvalue weighted by atomic mass is 10.0. The summed E-state index contributed by atoms with van der Waals surface area (Å²) >= 11 is 0. The zero-order valence-corrected chi connectivity index (χ0v) is 12.7. The molecule has 0 bridgehead atoms. The third-order valence-corrected chi connectivity index (χ3v) is 4.17. The number of piperidine rings is 1. The van der Waals surface area contributed by atoms with Crippen LogP contribution in [0, 0.1) is 0 Å². The first kappa shape index (κ1) is 15.9. The molecule has 0 saturated carbocycles. The van der Waals surface area contributed by atoms with Crippen LogP contribution >= 0.6 is 0 Å². The lowest BCUT2D eigenvalue weighted by molar-refractivity contribution is 0.130. The summed E-state index contributed by atoms with van der Waals surface area (Å²) in [6.07, 6.45) is 6.62. The third kappa shape index (κ3) is 6.17. The first-order valence-corrected chi connectivity index (χ1v) is 7.91. The van der Waals surface area contributed by atoms with E-state index in [1.807, 2.05) is 0 Å². The van der Waals surface area contributed by atoms with Gasteiger partial charge in [0.05, 0.1) is 0 Å². The highest BCUT2D eigenvalue weighted by atomic mass is 15.2. The molecule has 0 aromatic rings. The molecule has 0 aromatic carbocycles. The van der Waals surface area contributed by atoms with Crippen LogP contribution in [0.2, 0.25) is 0 Å². The van der Waals surface area contributed by atoms with Crippen LogP contribution in [-0.4, -0.2) is 62.2 Å². The Morgan fingerprint density at radius 2 is 1.83 bits per heavy atom. The van der Waals surface area contributed by atoms with Crippen LogP contribution in [-0.2, 0) is 0 Å². The number of unbranched alkanes of at least 4 members (excludes halogenated alkanes) is 1. The van der Waals surface area contributed by atoms with Crippen LogP contribution < -0.4 is 5.32 Å². The van der Waals surface area contributed by atoms with Gasteiger partial charge in [-0.25, -0.2) is 0 Å². The molecular weight excluding hydrogens is 222 g/mol. The van der Waals surface area contributed by atoms with Crippen molar-refractivity contribution in [3.8, 4) is 0 Å². The molecular formula is C15H33N3. The Kier molecular flexibility index (Phi) is 8.64. The van der Waals surface area contributed by atoms with Gasteiger partial charge in [0, 0.05) is 6.04 Å². The molecule has 18 heavy (non-hydrogen) atoms. The Balaban J connectivity index is 2.01. The van der Waals surface area contributed by atoms with E-state index >= 15 is 0 Å². The van der Waals surface area contributed by atoms with Gasteiger partial charge >= 0.3 is 0 Å². The van der Waals surface area contributed by atoms with Gasteiger partial charge in [-0.15, -0.1) is 0 Å². The van der Waals surface area contributed by atoms with E-state index in [9.17, 15) is 0 Å². The highest BCUT2D eigenvalue weighted by Gasteiger charge is 2.20.